The molecule has 6 heteroatoms. The lowest BCUT2D eigenvalue weighted by Crippen LogP contribution is -2.21. The number of rotatable bonds is 7. The summed E-state index contributed by atoms with van der Waals surface area (Å²) >= 11 is 6.35. The third-order valence-corrected chi connectivity index (χ3v) is 5.00. The predicted molar refractivity (Wildman–Crippen MR) is 126 cm³/mol. The topological polar surface area (TPSA) is 67.4 Å². The molecule has 0 aliphatic carbocycles. The smallest absolute Gasteiger partial charge is 0.262 e. The lowest BCUT2D eigenvalue weighted by Gasteiger charge is -2.13. The van der Waals surface area contributed by atoms with Gasteiger partial charge in [0.2, 0.25) is 5.91 Å². The van der Waals surface area contributed by atoms with Crippen LogP contribution < -0.4 is 15.4 Å². The summed E-state index contributed by atoms with van der Waals surface area (Å²) in [5, 5.41) is 6.08. The van der Waals surface area contributed by atoms with E-state index < -0.39 is 0 Å². The zero-order valence-corrected chi connectivity index (χ0v) is 18.5. The molecule has 3 aromatic carbocycles. The minimum absolute atomic E-state index is 0.0851. The first-order chi connectivity index (χ1) is 14.8. The number of hydrogen-bond donors (Lipinski definition) is 2. The second kappa shape index (κ2) is 10.1. The summed E-state index contributed by atoms with van der Waals surface area (Å²) in [6, 6.07) is 20.7. The second-order valence-corrected chi connectivity index (χ2v) is 7.93. The Morgan fingerprint density at radius 3 is 2.35 bits per heavy atom. The van der Waals surface area contributed by atoms with E-state index in [-0.39, 0.29) is 24.3 Å². The number of anilines is 2. The number of nitrogens with one attached hydrogen (secondary N) is 2. The predicted octanol–water partition coefficient (Wildman–Crippen LogP) is 5.93. The van der Waals surface area contributed by atoms with Gasteiger partial charge in [0.1, 0.15) is 5.75 Å². The first kappa shape index (κ1) is 22.4. The molecule has 0 atom stereocenters. The first-order valence-corrected chi connectivity index (χ1v) is 10.4. The number of halogens is 1. The molecule has 31 heavy (non-hydrogen) atoms. The van der Waals surface area contributed by atoms with E-state index in [0.717, 1.165) is 16.7 Å². The highest BCUT2D eigenvalue weighted by atomic mass is 35.5. The number of ether oxygens (including phenoxy) is 1. The van der Waals surface area contributed by atoms with Crippen LogP contribution in [0, 0.1) is 12.8 Å². The Morgan fingerprint density at radius 2 is 1.68 bits per heavy atom. The van der Waals surface area contributed by atoms with Crippen LogP contribution in [0.1, 0.15) is 19.4 Å². The normalized spacial score (nSPS) is 10.6. The van der Waals surface area contributed by atoms with Gasteiger partial charge in [0.05, 0.1) is 5.02 Å². The zero-order chi connectivity index (χ0) is 22.4. The van der Waals surface area contributed by atoms with E-state index in [4.69, 9.17) is 16.3 Å². The molecule has 3 rings (SSSR count). The van der Waals surface area contributed by atoms with E-state index in [2.05, 4.69) is 10.6 Å². The maximum absolute atomic E-state index is 12.4. The van der Waals surface area contributed by atoms with E-state index in [1.54, 1.807) is 18.2 Å². The van der Waals surface area contributed by atoms with Crippen molar-refractivity contribution in [3.63, 3.8) is 0 Å². The summed E-state index contributed by atoms with van der Waals surface area (Å²) in [4.78, 5) is 24.3. The second-order valence-electron chi connectivity index (χ2n) is 7.52. The molecule has 0 spiro atoms. The van der Waals surface area contributed by atoms with E-state index in [1.807, 2.05) is 69.3 Å². The van der Waals surface area contributed by atoms with E-state index in [0.29, 0.717) is 22.1 Å². The minimum Gasteiger partial charge on any atom is -0.482 e. The Balaban J connectivity index is 1.62. The van der Waals surface area contributed by atoms with Crippen molar-refractivity contribution in [2.45, 2.75) is 20.8 Å². The largest absolute Gasteiger partial charge is 0.482 e. The van der Waals surface area contributed by atoms with Gasteiger partial charge >= 0.3 is 0 Å². The highest BCUT2D eigenvalue weighted by Gasteiger charge is 2.11. The molecule has 0 aliphatic rings. The highest BCUT2D eigenvalue weighted by molar-refractivity contribution is 6.32. The van der Waals surface area contributed by atoms with Gasteiger partial charge in [-0.1, -0.05) is 67.9 Å². The summed E-state index contributed by atoms with van der Waals surface area (Å²) in [5.41, 5.74) is 4.13. The molecule has 0 aliphatic heterocycles. The number of hydrogen-bond acceptors (Lipinski definition) is 3. The van der Waals surface area contributed by atoms with E-state index >= 15 is 0 Å². The summed E-state index contributed by atoms with van der Waals surface area (Å²) in [6.07, 6.45) is 0. The molecule has 2 amide bonds. The van der Waals surface area contributed by atoms with Crippen molar-refractivity contribution in [2.24, 2.45) is 5.92 Å². The van der Waals surface area contributed by atoms with Crippen molar-refractivity contribution in [2.75, 3.05) is 17.2 Å². The molecule has 0 fully saturated rings. The van der Waals surface area contributed by atoms with E-state index in [9.17, 15) is 9.59 Å². The maximum Gasteiger partial charge on any atom is 0.262 e. The Hall–Kier alpha value is -3.31. The standard InChI is InChI=1S/C25H25ClN2O3/c1-16(2)25(30)27-20-11-9-17(3)22(14-20)28-24(29)15-31-23-12-10-19(13-21(23)26)18-7-5-4-6-8-18/h4-14,16H,15H2,1-3H3,(H,27,30)(H,28,29). The lowest BCUT2D eigenvalue weighted by molar-refractivity contribution is -0.119. The number of aryl methyl sites for hydroxylation is 1. The fraction of sp³-hybridized carbons (Fsp3) is 0.200. The zero-order valence-electron chi connectivity index (χ0n) is 17.7. The third kappa shape index (κ3) is 6.09. The molecule has 0 bridgehead atoms. The van der Waals surface area contributed by atoms with Crippen LogP contribution in [-0.2, 0) is 9.59 Å². The molecule has 2 N–H and O–H groups in total. The minimum atomic E-state index is -0.321. The highest BCUT2D eigenvalue weighted by Crippen LogP contribution is 2.30. The molecule has 0 saturated carbocycles. The average molecular weight is 437 g/mol. The summed E-state index contributed by atoms with van der Waals surface area (Å²) in [6.45, 7) is 5.33. The third-order valence-electron chi connectivity index (χ3n) is 4.70. The fourth-order valence-corrected chi connectivity index (χ4v) is 3.11. The summed E-state index contributed by atoms with van der Waals surface area (Å²) in [7, 11) is 0. The van der Waals surface area contributed by atoms with Crippen LogP contribution in [0.3, 0.4) is 0 Å². The van der Waals surface area contributed by atoms with Crippen molar-refractivity contribution < 1.29 is 14.3 Å². The molecule has 160 valence electrons. The van der Waals surface area contributed by atoms with Crippen molar-refractivity contribution in [1.29, 1.82) is 0 Å². The van der Waals surface area contributed by atoms with Gasteiger partial charge in [-0.25, -0.2) is 0 Å². The van der Waals surface area contributed by atoms with Crippen LogP contribution in [0.5, 0.6) is 5.75 Å². The van der Waals surface area contributed by atoms with Crippen LogP contribution in [0.4, 0.5) is 11.4 Å². The Morgan fingerprint density at radius 1 is 0.935 bits per heavy atom. The lowest BCUT2D eigenvalue weighted by atomic mass is 10.1. The van der Waals surface area contributed by atoms with Crippen LogP contribution in [-0.4, -0.2) is 18.4 Å². The van der Waals surface area contributed by atoms with Crippen molar-refractivity contribution in [1.82, 2.24) is 0 Å². The van der Waals surface area contributed by atoms with Gasteiger partial charge in [0, 0.05) is 17.3 Å². The number of carbonyl (C=O) groups excluding carboxylic acids is 2. The van der Waals surface area contributed by atoms with Crippen LogP contribution >= 0.6 is 11.6 Å². The van der Waals surface area contributed by atoms with Crippen LogP contribution in [0.15, 0.2) is 66.7 Å². The molecule has 0 aromatic heterocycles. The van der Waals surface area contributed by atoms with Gasteiger partial charge in [-0.15, -0.1) is 0 Å². The molecule has 3 aromatic rings. The Bertz CT molecular complexity index is 1080. The van der Waals surface area contributed by atoms with Crippen molar-refractivity contribution >= 4 is 34.8 Å². The van der Waals surface area contributed by atoms with Gasteiger partial charge < -0.3 is 15.4 Å². The van der Waals surface area contributed by atoms with Crippen molar-refractivity contribution in [3.8, 4) is 16.9 Å². The molecule has 0 saturated heterocycles. The summed E-state index contributed by atoms with van der Waals surface area (Å²) in [5.74, 6) is -0.103. The number of benzene rings is 3. The van der Waals surface area contributed by atoms with Gasteiger partial charge in [0.25, 0.3) is 5.91 Å². The van der Waals surface area contributed by atoms with Crippen molar-refractivity contribution in [3.05, 3.63) is 77.3 Å². The average Bonchev–Trinajstić information content (AvgIpc) is 2.75. The molecule has 0 unspecified atom stereocenters. The molecule has 5 nitrogen and oxygen atoms in total. The Labute approximate surface area is 187 Å². The Kier molecular flexibility index (Phi) is 7.32. The quantitative estimate of drug-likeness (QED) is 0.482. The molecule has 0 radical (unpaired) electrons. The summed E-state index contributed by atoms with van der Waals surface area (Å²) < 4.78 is 5.61. The van der Waals surface area contributed by atoms with Gasteiger partial charge in [-0.2, -0.15) is 0 Å². The molecular weight excluding hydrogens is 412 g/mol. The molecule has 0 heterocycles. The van der Waals surface area contributed by atoms with Crippen LogP contribution in [0.2, 0.25) is 5.02 Å². The van der Waals surface area contributed by atoms with Gasteiger partial charge in [0.15, 0.2) is 6.61 Å². The monoisotopic (exact) mass is 436 g/mol. The van der Waals surface area contributed by atoms with E-state index in [1.165, 1.54) is 0 Å². The van der Waals surface area contributed by atoms with Gasteiger partial charge in [-0.05, 0) is 47.9 Å². The molecular formula is C25H25ClN2O3. The van der Waals surface area contributed by atoms with Gasteiger partial charge in [-0.3, -0.25) is 9.59 Å². The van der Waals surface area contributed by atoms with Crippen LogP contribution in [0.25, 0.3) is 11.1 Å². The fourth-order valence-electron chi connectivity index (χ4n) is 2.88. The number of carbonyl (C=O) groups is 2. The number of amides is 2. The first-order valence-electron chi connectivity index (χ1n) is 10.0. The maximum atomic E-state index is 12.4. The SMILES string of the molecule is Cc1ccc(NC(=O)C(C)C)cc1NC(=O)COc1ccc(-c2ccccc2)cc1Cl.